The second-order valence-electron chi connectivity index (χ2n) is 5.71. The molecular formula is C18H20FIN2. The normalized spacial score (nSPS) is 21.7. The Morgan fingerprint density at radius 1 is 1.18 bits per heavy atom. The molecule has 1 aliphatic rings. The molecule has 0 amide bonds. The van der Waals surface area contributed by atoms with Gasteiger partial charge < -0.3 is 10.6 Å². The molecule has 4 heteroatoms. The van der Waals surface area contributed by atoms with Crippen molar-refractivity contribution < 1.29 is 4.39 Å². The summed E-state index contributed by atoms with van der Waals surface area (Å²) in [7, 11) is 0. The van der Waals surface area contributed by atoms with Crippen molar-refractivity contribution in [3.05, 3.63) is 69.0 Å². The molecule has 1 saturated heterocycles. The van der Waals surface area contributed by atoms with Crippen LogP contribution in [0.4, 0.5) is 4.39 Å². The second kappa shape index (κ2) is 7.53. The number of halogens is 2. The summed E-state index contributed by atoms with van der Waals surface area (Å²) in [6.45, 7) is 1.60. The first-order valence-corrected chi connectivity index (χ1v) is 8.77. The van der Waals surface area contributed by atoms with E-state index in [2.05, 4.69) is 57.5 Å². The summed E-state index contributed by atoms with van der Waals surface area (Å²) in [5.74, 6) is -0.132. The SMILES string of the molecule is Fc1ccc(I)cc1CN[C@H]1CCCN[C@H]1c1ccccc1. The van der Waals surface area contributed by atoms with E-state index >= 15 is 0 Å². The number of hydrogen-bond acceptors (Lipinski definition) is 2. The largest absolute Gasteiger partial charge is 0.309 e. The summed E-state index contributed by atoms with van der Waals surface area (Å²) < 4.78 is 15.0. The van der Waals surface area contributed by atoms with Crippen molar-refractivity contribution in [3.63, 3.8) is 0 Å². The first kappa shape index (κ1) is 15.9. The number of benzene rings is 2. The Labute approximate surface area is 144 Å². The van der Waals surface area contributed by atoms with Crippen molar-refractivity contribution in [1.82, 2.24) is 10.6 Å². The van der Waals surface area contributed by atoms with E-state index in [4.69, 9.17) is 0 Å². The fraction of sp³-hybridized carbons (Fsp3) is 0.333. The van der Waals surface area contributed by atoms with E-state index < -0.39 is 0 Å². The van der Waals surface area contributed by atoms with Gasteiger partial charge in [-0.05, 0) is 65.7 Å². The molecule has 0 saturated carbocycles. The molecule has 1 aliphatic heterocycles. The van der Waals surface area contributed by atoms with Crippen LogP contribution in [0.25, 0.3) is 0 Å². The van der Waals surface area contributed by atoms with Gasteiger partial charge in [-0.15, -0.1) is 0 Å². The highest BCUT2D eigenvalue weighted by atomic mass is 127. The van der Waals surface area contributed by atoms with Gasteiger partial charge >= 0.3 is 0 Å². The monoisotopic (exact) mass is 410 g/mol. The molecule has 1 heterocycles. The van der Waals surface area contributed by atoms with Gasteiger partial charge in [0, 0.05) is 27.8 Å². The van der Waals surface area contributed by atoms with Crippen LogP contribution >= 0.6 is 22.6 Å². The Bertz CT molecular complexity index is 618. The maximum absolute atomic E-state index is 13.9. The van der Waals surface area contributed by atoms with Crippen LogP contribution in [0.5, 0.6) is 0 Å². The highest BCUT2D eigenvalue weighted by Gasteiger charge is 2.25. The van der Waals surface area contributed by atoms with Crippen LogP contribution in [0.2, 0.25) is 0 Å². The average Bonchev–Trinajstić information content (AvgIpc) is 2.57. The minimum atomic E-state index is -0.132. The van der Waals surface area contributed by atoms with E-state index in [1.807, 2.05) is 12.1 Å². The van der Waals surface area contributed by atoms with Gasteiger partial charge in [0.05, 0.1) is 0 Å². The molecule has 0 radical (unpaired) electrons. The van der Waals surface area contributed by atoms with Gasteiger partial charge in [0.15, 0.2) is 0 Å². The Balaban J connectivity index is 1.71. The van der Waals surface area contributed by atoms with Crippen LogP contribution in [0.3, 0.4) is 0 Å². The van der Waals surface area contributed by atoms with E-state index in [1.54, 1.807) is 12.1 Å². The van der Waals surface area contributed by atoms with E-state index in [-0.39, 0.29) is 5.82 Å². The molecule has 0 aliphatic carbocycles. The zero-order valence-corrected chi connectivity index (χ0v) is 14.5. The second-order valence-corrected chi connectivity index (χ2v) is 6.95. The van der Waals surface area contributed by atoms with Gasteiger partial charge in [-0.1, -0.05) is 30.3 Å². The van der Waals surface area contributed by atoms with Crippen LogP contribution in [0, 0.1) is 9.39 Å². The molecule has 1 fully saturated rings. The zero-order chi connectivity index (χ0) is 15.4. The summed E-state index contributed by atoms with van der Waals surface area (Å²) in [4.78, 5) is 0. The highest BCUT2D eigenvalue weighted by molar-refractivity contribution is 14.1. The lowest BCUT2D eigenvalue weighted by Gasteiger charge is -2.34. The third-order valence-electron chi connectivity index (χ3n) is 4.18. The molecule has 0 spiro atoms. The van der Waals surface area contributed by atoms with Crippen molar-refractivity contribution in [2.45, 2.75) is 31.5 Å². The van der Waals surface area contributed by atoms with Crippen LogP contribution in [0.1, 0.15) is 30.0 Å². The molecule has 116 valence electrons. The number of nitrogens with one attached hydrogen (secondary N) is 2. The Morgan fingerprint density at radius 2 is 2.00 bits per heavy atom. The third kappa shape index (κ3) is 3.86. The van der Waals surface area contributed by atoms with Gasteiger partial charge in [-0.25, -0.2) is 4.39 Å². The molecule has 0 unspecified atom stereocenters. The molecule has 22 heavy (non-hydrogen) atoms. The number of piperidine rings is 1. The lowest BCUT2D eigenvalue weighted by molar-refractivity contribution is 0.303. The zero-order valence-electron chi connectivity index (χ0n) is 12.4. The Kier molecular flexibility index (Phi) is 5.44. The van der Waals surface area contributed by atoms with Gasteiger partial charge in [-0.2, -0.15) is 0 Å². The van der Waals surface area contributed by atoms with E-state index in [9.17, 15) is 4.39 Å². The molecule has 2 atom stereocenters. The topological polar surface area (TPSA) is 24.1 Å². The molecule has 2 nitrogen and oxygen atoms in total. The minimum Gasteiger partial charge on any atom is -0.309 e. The predicted octanol–water partition coefficient (Wildman–Crippen LogP) is 4.01. The van der Waals surface area contributed by atoms with Gasteiger partial charge in [-0.3, -0.25) is 0 Å². The van der Waals surface area contributed by atoms with Crippen LogP contribution in [-0.2, 0) is 6.54 Å². The Hall–Kier alpha value is -0.980. The summed E-state index contributed by atoms with van der Waals surface area (Å²) in [5, 5.41) is 7.14. The molecule has 2 aromatic rings. The van der Waals surface area contributed by atoms with Crippen molar-refractivity contribution in [2.75, 3.05) is 6.54 Å². The maximum atomic E-state index is 13.9. The fourth-order valence-corrected chi connectivity index (χ4v) is 3.59. The summed E-state index contributed by atoms with van der Waals surface area (Å²) in [6, 6.07) is 16.4. The predicted molar refractivity (Wildman–Crippen MR) is 96.2 cm³/mol. The van der Waals surface area contributed by atoms with E-state index in [1.165, 1.54) is 5.56 Å². The first-order chi connectivity index (χ1) is 10.7. The average molecular weight is 410 g/mol. The quantitative estimate of drug-likeness (QED) is 0.745. The fourth-order valence-electron chi connectivity index (χ4n) is 3.04. The lowest BCUT2D eigenvalue weighted by Crippen LogP contribution is -2.45. The number of hydrogen-bond donors (Lipinski definition) is 2. The maximum Gasteiger partial charge on any atom is 0.127 e. The van der Waals surface area contributed by atoms with Crippen LogP contribution in [0.15, 0.2) is 48.5 Å². The third-order valence-corrected chi connectivity index (χ3v) is 4.85. The molecule has 2 aromatic carbocycles. The lowest BCUT2D eigenvalue weighted by atomic mass is 9.92. The van der Waals surface area contributed by atoms with Crippen molar-refractivity contribution in [1.29, 1.82) is 0 Å². The van der Waals surface area contributed by atoms with Crippen LogP contribution in [-0.4, -0.2) is 12.6 Å². The van der Waals surface area contributed by atoms with Gasteiger partial charge in [0.25, 0.3) is 0 Å². The standard InChI is InChI=1S/C18H20FIN2/c19-16-9-8-15(20)11-14(16)12-22-17-7-4-10-21-18(17)13-5-2-1-3-6-13/h1-3,5-6,8-9,11,17-18,21-22H,4,7,10,12H2/t17-,18-/m0/s1. The molecule has 3 rings (SSSR count). The highest BCUT2D eigenvalue weighted by Crippen LogP contribution is 2.24. The summed E-state index contributed by atoms with van der Waals surface area (Å²) >= 11 is 2.22. The Morgan fingerprint density at radius 3 is 2.82 bits per heavy atom. The molecule has 0 aromatic heterocycles. The van der Waals surface area contributed by atoms with Crippen molar-refractivity contribution >= 4 is 22.6 Å². The smallest absolute Gasteiger partial charge is 0.127 e. The van der Waals surface area contributed by atoms with Gasteiger partial charge in [0.2, 0.25) is 0 Å². The molecule has 2 N–H and O–H groups in total. The molecular weight excluding hydrogens is 390 g/mol. The van der Waals surface area contributed by atoms with Crippen LogP contribution < -0.4 is 10.6 Å². The summed E-state index contributed by atoms with van der Waals surface area (Å²) in [5.41, 5.74) is 2.03. The summed E-state index contributed by atoms with van der Waals surface area (Å²) in [6.07, 6.45) is 2.26. The van der Waals surface area contributed by atoms with E-state index in [0.717, 1.165) is 28.5 Å². The van der Waals surface area contributed by atoms with Crippen molar-refractivity contribution in [3.8, 4) is 0 Å². The van der Waals surface area contributed by atoms with E-state index in [0.29, 0.717) is 18.6 Å². The van der Waals surface area contributed by atoms with Gasteiger partial charge in [0.1, 0.15) is 5.82 Å². The first-order valence-electron chi connectivity index (χ1n) is 7.69. The number of rotatable bonds is 4. The minimum absolute atomic E-state index is 0.132. The molecule has 0 bridgehead atoms. The van der Waals surface area contributed by atoms with Crippen molar-refractivity contribution in [2.24, 2.45) is 0 Å².